The van der Waals surface area contributed by atoms with Crippen LogP contribution >= 0.6 is 0 Å². The quantitative estimate of drug-likeness (QED) is 0.405. The van der Waals surface area contributed by atoms with Crippen molar-refractivity contribution in [3.05, 3.63) is 106 Å². The van der Waals surface area contributed by atoms with Crippen molar-refractivity contribution in [2.75, 3.05) is 14.2 Å². The summed E-state index contributed by atoms with van der Waals surface area (Å²) in [5.74, 6) is 1.34. The van der Waals surface area contributed by atoms with Gasteiger partial charge < -0.3 is 23.9 Å². The minimum absolute atomic E-state index is 0.0292. The van der Waals surface area contributed by atoms with Crippen LogP contribution in [0.4, 0.5) is 0 Å². The molecule has 196 valence electrons. The van der Waals surface area contributed by atoms with Gasteiger partial charge in [-0.05, 0) is 61.6 Å². The summed E-state index contributed by atoms with van der Waals surface area (Å²) in [5.41, 5.74) is 4.29. The second-order valence-electron chi connectivity index (χ2n) is 9.64. The van der Waals surface area contributed by atoms with Crippen LogP contribution in [0, 0.1) is 6.92 Å². The average molecular weight is 514 g/mol. The van der Waals surface area contributed by atoms with E-state index in [1.165, 1.54) is 0 Å². The van der Waals surface area contributed by atoms with Crippen molar-refractivity contribution in [2.24, 2.45) is 0 Å². The molecule has 5 rings (SSSR count). The largest absolute Gasteiger partial charge is 0.493 e. The fraction of sp³-hybridized carbons (Fsp3) is 0.290. The number of esters is 1. The molecular formula is C31H31NO6. The summed E-state index contributed by atoms with van der Waals surface area (Å²) >= 11 is 0. The molecule has 2 atom stereocenters. The van der Waals surface area contributed by atoms with Gasteiger partial charge in [-0.1, -0.05) is 36.4 Å². The van der Waals surface area contributed by atoms with Gasteiger partial charge in [-0.15, -0.1) is 0 Å². The first kappa shape index (κ1) is 25.4. The molecule has 2 aliphatic rings. The first-order valence-electron chi connectivity index (χ1n) is 12.6. The number of Topliss-reactive ketones (excluding diaryl/α,β-unsaturated/α-hetero) is 1. The monoisotopic (exact) mass is 513 g/mol. The van der Waals surface area contributed by atoms with Gasteiger partial charge in [-0.3, -0.25) is 4.79 Å². The number of nitrogens with one attached hydrogen (secondary N) is 1. The summed E-state index contributed by atoms with van der Waals surface area (Å²) < 4.78 is 22.6. The van der Waals surface area contributed by atoms with Crippen LogP contribution in [0.2, 0.25) is 0 Å². The van der Waals surface area contributed by atoms with Gasteiger partial charge in [0.2, 0.25) is 0 Å². The van der Waals surface area contributed by atoms with Gasteiger partial charge in [-0.2, -0.15) is 0 Å². The SMILES string of the molecule is COc1ccc([C@H]2CC(=O)C3=C(C2)NC(C)=C(C(=O)OCc2ccccc2)[C@@H]3c2ccc(C)o2)cc1OC. The lowest BCUT2D eigenvalue weighted by atomic mass is 9.73. The highest BCUT2D eigenvalue weighted by Gasteiger charge is 2.43. The molecule has 1 aliphatic carbocycles. The number of hydrogen-bond donors (Lipinski definition) is 1. The van der Waals surface area contributed by atoms with Crippen molar-refractivity contribution in [2.45, 2.75) is 45.1 Å². The molecule has 1 aliphatic heterocycles. The summed E-state index contributed by atoms with van der Waals surface area (Å²) in [6, 6.07) is 19.0. The van der Waals surface area contributed by atoms with Gasteiger partial charge in [-0.25, -0.2) is 4.79 Å². The molecule has 7 heteroatoms. The zero-order valence-corrected chi connectivity index (χ0v) is 22.0. The van der Waals surface area contributed by atoms with E-state index in [-0.39, 0.29) is 18.3 Å². The van der Waals surface area contributed by atoms with Crippen LogP contribution in [-0.2, 0) is 20.9 Å². The molecule has 0 amide bonds. The van der Waals surface area contributed by atoms with Gasteiger partial charge in [0.1, 0.15) is 18.1 Å². The van der Waals surface area contributed by atoms with Crippen LogP contribution in [0.5, 0.6) is 11.5 Å². The molecule has 7 nitrogen and oxygen atoms in total. The van der Waals surface area contributed by atoms with E-state index in [0.29, 0.717) is 52.7 Å². The van der Waals surface area contributed by atoms with E-state index in [1.807, 2.05) is 74.5 Å². The highest BCUT2D eigenvalue weighted by atomic mass is 16.5. The normalized spacial score (nSPS) is 19.1. The maximum absolute atomic E-state index is 13.8. The smallest absolute Gasteiger partial charge is 0.337 e. The molecule has 0 saturated heterocycles. The van der Waals surface area contributed by atoms with E-state index >= 15 is 0 Å². The highest BCUT2D eigenvalue weighted by Crippen LogP contribution is 2.46. The van der Waals surface area contributed by atoms with Crippen LogP contribution in [0.1, 0.15) is 54.2 Å². The molecule has 0 bridgehead atoms. The van der Waals surface area contributed by atoms with Crippen LogP contribution in [0.3, 0.4) is 0 Å². The number of methoxy groups -OCH3 is 2. The lowest BCUT2D eigenvalue weighted by Gasteiger charge is -2.35. The van der Waals surface area contributed by atoms with Crippen LogP contribution < -0.4 is 14.8 Å². The van der Waals surface area contributed by atoms with E-state index < -0.39 is 11.9 Å². The van der Waals surface area contributed by atoms with Gasteiger partial charge in [0, 0.05) is 23.4 Å². The van der Waals surface area contributed by atoms with Gasteiger partial charge in [0.25, 0.3) is 0 Å². The van der Waals surface area contributed by atoms with Gasteiger partial charge in [0.05, 0.1) is 25.7 Å². The first-order chi connectivity index (χ1) is 18.4. The Morgan fingerprint density at radius 2 is 1.74 bits per heavy atom. The zero-order chi connectivity index (χ0) is 26.8. The number of ether oxygens (including phenoxy) is 3. The third-order valence-corrected chi connectivity index (χ3v) is 7.18. The summed E-state index contributed by atoms with van der Waals surface area (Å²) in [7, 11) is 3.19. The van der Waals surface area contributed by atoms with E-state index in [1.54, 1.807) is 14.2 Å². The predicted octanol–water partition coefficient (Wildman–Crippen LogP) is 5.71. The van der Waals surface area contributed by atoms with E-state index in [0.717, 1.165) is 16.8 Å². The number of allylic oxidation sites excluding steroid dienone is 3. The highest BCUT2D eigenvalue weighted by molar-refractivity contribution is 6.04. The topological polar surface area (TPSA) is 87.0 Å². The lowest BCUT2D eigenvalue weighted by Crippen LogP contribution is -2.36. The molecule has 0 saturated carbocycles. The predicted molar refractivity (Wildman–Crippen MR) is 142 cm³/mol. The molecule has 2 heterocycles. The first-order valence-corrected chi connectivity index (χ1v) is 12.6. The van der Waals surface area contributed by atoms with Gasteiger partial charge in [0.15, 0.2) is 17.3 Å². The van der Waals surface area contributed by atoms with E-state index in [9.17, 15) is 9.59 Å². The molecule has 0 radical (unpaired) electrons. The number of hydrogen-bond acceptors (Lipinski definition) is 7. The van der Waals surface area contributed by atoms with Crippen LogP contribution in [-0.4, -0.2) is 26.0 Å². The maximum atomic E-state index is 13.8. The van der Waals surface area contributed by atoms with Crippen molar-refractivity contribution in [3.63, 3.8) is 0 Å². The van der Waals surface area contributed by atoms with E-state index in [2.05, 4.69) is 5.32 Å². The van der Waals surface area contributed by atoms with Crippen molar-refractivity contribution in [1.82, 2.24) is 5.32 Å². The molecule has 2 aromatic carbocycles. The fourth-order valence-electron chi connectivity index (χ4n) is 5.35. The Hall–Kier alpha value is -4.26. The summed E-state index contributed by atoms with van der Waals surface area (Å²) in [4.78, 5) is 27.2. The average Bonchev–Trinajstić information content (AvgIpc) is 3.36. The number of carbonyl (C=O) groups is 2. The summed E-state index contributed by atoms with van der Waals surface area (Å²) in [6.45, 7) is 3.83. The van der Waals surface area contributed by atoms with Crippen molar-refractivity contribution < 1.29 is 28.2 Å². The fourth-order valence-corrected chi connectivity index (χ4v) is 5.35. The molecule has 38 heavy (non-hydrogen) atoms. The zero-order valence-electron chi connectivity index (χ0n) is 22.0. The molecule has 1 aromatic heterocycles. The minimum Gasteiger partial charge on any atom is -0.493 e. The van der Waals surface area contributed by atoms with Crippen molar-refractivity contribution >= 4 is 11.8 Å². The minimum atomic E-state index is -0.637. The summed E-state index contributed by atoms with van der Waals surface area (Å²) in [5, 5.41) is 3.38. The van der Waals surface area contributed by atoms with Crippen LogP contribution in [0.15, 0.2) is 87.6 Å². The number of rotatable bonds is 7. The number of ketones is 1. The number of aryl methyl sites for hydroxylation is 1. The third kappa shape index (κ3) is 4.84. The lowest BCUT2D eigenvalue weighted by molar-refractivity contribution is -0.140. The maximum Gasteiger partial charge on any atom is 0.337 e. The molecular weight excluding hydrogens is 482 g/mol. The van der Waals surface area contributed by atoms with Crippen molar-refractivity contribution in [1.29, 1.82) is 0 Å². The molecule has 3 aromatic rings. The number of carbonyl (C=O) groups excluding carboxylic acids is 2. The molecule has 0 spiro atoms. The van der Waals surface area contributed by atoms with Gasteiger partial charge >= 0.3 is 5.97 Å². The Labute approximate surface area is 222 Å². The summed E-state index contributed by atoms with van der Waals surface area (Å²) in [6.07, 6.45) is 0.911. The number of furan rings is 1. The van der Waals surface area contributed by atoms with Crippen molar-refractivity contribution in [3.8, 4) is 11.5 Å². The molecule has 0 fully saturated rings. The van der Waals surface area contributed by atoms with Crippen LogP contribution in [0.25, 0.3) is 0 Å². The second-order valence-corrected chi connectivity index (χ2v) is 9.64. The third-order valence-electron chi connectivity index (χ3n) is 7.18. The van der Waals surface area contributed by atoms with E-state index in [4.69, 9.17) is 18.6 Å². The number of benzene rings is 2. The Balaban J connectivity index is 1.48. The standard InChI is InChI=1S/C31H31NO6/c1-18-10-12-26(38-18)30-28(31(34)37-17-20-8-6-5-7-9-20)19(2)32-23-14-22(15-24(33)29(23)30)21-11-13-25(35-3)27(16-21)36-4/h5-13,16,22,30,32H,14-15,17H2,1-4H3/t22-,30+/m1/s1. The molecule has 1 N–H and O–H groups in total. The number of dihydropyridines is 1. The second kappa shape index (κ2) is 10.6. The Kier molecular flexibility index (Phi) is 7.09. The Bertz CT molecular complexity index is 1430. The molecule has 0 unspecified atom stereocenters. The Morgan fingerprint density at radius 1 is 0.974 bits per heavy atom. The Morgan fingerprint density at radius 3 is 2.42 bits per heavy atom.